The molecule has 0 saturated carbocycles. The summed E-state index contributed by atoms with van der Waals surface area (Å²) in [5.74, 6) is -0.395. The van der Waals surface area contributed by atoms with E-state index in [0.717, 1.165) is 30.8 Å². The highest BCUT2D eigenvalue weighted by molar-refractivity contribution is 6.35. The Kier molecular flexibility index (Phi) is 5.85. The molecule has 1 saturated heterocycles. The Labute approximate surface area is 178 Å². The first-order chi connectivity index (χ1) is 14.0. The van der Waals surface area contributed by atoms with Crippen molar-refractivity contribution >= 4 is 29.1 Å². The number of amides is 1. The minimum atomic E-state index is -0.307. The van der Waals surface area contributed by atoms with Gasteiger partial charge < -0.3 is 4.90 Å². The molecule has 150 valence electrons. The molecule has 5 nitrogen and oxygen atoms in total. The summed E-state index contributed by atoms with van der Waals surface area (Å²) in [7, 11) is 0. The molecule has 0 aliphatic carbocycles. The summed E-state index contributed by atoms with van der Waals surface area (Å²) >= 11 is 12.2. The maximum Gasteiger partial charge on any atom is 0.271 e. The molecule has 2 aromatic carbocycles. The van der Waals surface area contributed by atoms with Crippen molar-refractivity contribution < 1.29 is 9.18 Å². The molecule has 0 unspecified atom stereocenters. The molecular weight excluding hydrogens is 414 g/mol. The van der Waals surface area contributed by atoms with Crippen LogP contribution in [0.3, 0.4) is 0 Å². The van der Waals surface area contributed by atoms with Gasteiger partial charge in [0.15, 0.2) is 0 Å². The average molecular weight is 433 g/mol. The second-order valence-corrected chi connectivity index (χ2v) is 7.82. The Hall–Kier alpha value is -2.41. The van der Waals surface area contributed by atoms with Crippen molar-refractivity contribution in [3.05, 3.63) is 75.7 Å². The summed E-state index contributed by atoms with van der Waals surface area (Å²) in [5.41, 5.74) is 2.82. The largest absolute Gasteiger partial charge is 0.335 e. The minimum Gasteiger partial charge on any atom is -0.335 e. The molecule has 1 amide bonds. The monoisotopic (exact) mass is 432 g/mol. The number of benzene rings is 2. The first-order valence-corrected chi connectivity index (χ1v) is 10.0. The highest BCUT2D eigenvalue weighted by atomic mass is 35.5. The Balaban J connectivity index is 1.36. The van der Waals surface area contributed by atoms with Gasteiger partial charge in [-0.25, -0.2) is 4.39 Å². The van der Waals surface area contributed by atoms with Crippen LogP contribution in [0.2, 0.25) is 10.0 Å². The lowest BCUT2D eigenvalue weighted by Gasteiger charge is -2.34. The fraction of sp³-hybridized carbons (Fsp3) is 0.238. The molecule has 1 aromatic heterocycles. The molecule has 2 heterocycles. The summed E-state index contributed by atoms with van der Waals surface area (Å²) in [6.07, 6.45) is 0. The number of hydrogen-bond acceptors (Lipinski definition) is 3. The van der Waals surface area contributed by atoms with Crippen LogP contribution in [0.1, 0.15) is 16.1 Å². The van der Waals surface area contributed by atoms with Gasteiger partial charge in [0.05, 0.1) is 5.69 Å². The van der Waals surface area contributed by atoms with Gasteiger partial charge >= 0.3 is 0 Å². The van der Waals surface area contributed by atoms with Gasteiger partial charge in [0, 0.05) is 48.3 Å². The number of aromatic nitrogens is 2. The standard InChI is InChI=1S/C21H19Cl2FN4O/c22-16-4-1-15(18(23)11-16)13-27-7-9-28(10-8-27)21(29)20-12-19(25-26-20)14-2-5-17(24)6-3-14/h1-6,11-12H,7-10,13H2,(H,25,26). The van der Waals surface area contributed by atoms with E-state index in [1.54, 1.807) is 24.3 Å². The molecule has 0 bridgehead atoms. The first kappa shape index (κ1) is 19.9. The van der Waals surface area contributed by atoms with Crippen LogP contribution < -0.4 is 0 Å². The van der Waals surface area contributed by atoms with Crippen LogP contribution in [-0.2, 0) is 6.54 Å². The van der Waals surface area contributed by atoms with Gasteiger partial charge in [-0.1, -0.05) is 29.3 Å². The van der Waals surface area contributed by atoms with E-state index >= 15 is 0 Å². The number of hydrogen-bond donors (Lipinski definition) is 1. The van der Waals surface area contributed by atoms with Crippen LogP contribution in [0.15, 0.2) is 48.5 Å². The van der Waals surface area contributed by atoms with Crippen molar-refractivity contribution in [3.8, 4) is 11.3 Å². The van der Waals surface area contributed by atoms with E-state index in [4.69, 9.17) is 23.2 Å². The molecule has 1 aliphatic heterocycles. The van der Waals surface area contributed by atoms with Gasteiger partial charge in [0.2, 0.25) is 0 Å². The molecular formula is C21H19Cl2FN4O. The number of piperazine rings is 1. The van der Waals surface area contributed by atoms with Crippen LogP contribution in [0.5, 0.6) is 0 Å². The Morgan fingerprint density at radius 1 is 1.03 bits per heavy atom. The third kappa shape index (κ3) is 4.61. The van der Waals surface area contributed by atoms with Crippen LogP contribution >= 0.6 is 23.2 Å². The van der Waals surface area contributed by atoms with Crippen LogP contribution in [0.4, 0.5) is 4.39 Å². The molecule has 1 N–H and O–H groups in total. The van der Waals surface area contributed by atoms with Crippen LogP contribution in [0.25, 0.3) is 11.3 Å². The number of nitrogens with zero attached hydrogens (tertiary/aromatic N) is 3. The molecule has 0 radical (unpaired) electrons. The number of nitrogens with one attached hydrogen (secondary N) is 1. The van der Waals surface area contributed by atoms with E-state index in [-0.39, 0.29) is 11.7 Å². The number of aromatic amines is 1. The number of carbonyl (C=O) groups excluding carboxylic acids is 1. The molecule has 0 spiro atoms. The van der Waals surface area contributed by atoms with E-state index in [1.807, 2.05) is 17.0 Å². The lowest BCUT2D eigenvalue weighted by Crippen LogP contribution is -2.48. The summed E-state index contributed by atoms with van der Waals surface area (Å²) < 4.78 is 13.1. The van der Waals surface area contributed by atoms with E-state index in [1.165, 1.54) is 12.1 Å². The summed E-state index contributed by atoms with van der Waals surface area (Å²) in [6, 6.07) is 13.2. The highest BCUT2D eigenvalue weighted by Gasteiger charge is 2.24. The second-order valence-electron chi connectivity index (χ2n) is 6.98. The SMILES string of the molecule is O=C(c1cc(-c2ccc(F)cc2)n[nH]1)N1CCN(Cc2ccc(Cl)cc2Cl)CC1. The number of rotatable bonds is 4. The van der Waals surface area contributed by atoms with Crippen LogP contribution in [0, 0.1) is 5.82 Å². The van der Waals surface area contributed by atoms with Crippen molar-refractivity contribution in [2.45, 2.75) is 6.54 Å². The number of carbonyl (C=O) groups is 1. The average Bonchev–Trinajstić information content (AvgIpc) is 3.21. The van der Waals surface area contributed by atoms with Gasteiger partial charge in [0.25, 0.3) is 5.91 Å². The lowest BCUT2D eigenvalue weighted by molar-refractivity contribution is 0.0622. The number of halogens is 3. The quantitative estimate of drug-likeness (QED) is 0.660. The fourth-order valence-corrected chi connectivity index (χ4v) is 3.84. The zero-order valence-electron chi connectivity index (χ0n) is 15.5. The summed E-state index contributed by atoms with van der Waals surface area (Å²) in [4.78, 5) is 16.9. The van der Waals surface area contributed by atoms with E-state index in [0.29, 0.717) is 34.5 Å². The smallest absolute Gasteiger partial charge is 0.271 e. The van der Waals surface area contributed by atoms with E-state index in [2.05, 4.69) is 15.1 Å². The molecule has 3 aromatic rings. The molecule has 0 atom stereocenters. The van der Waals surface area contributed by atoms with E-state index in [9.17, 15) is 9.18 Å². The third-order valence-corrected chi connectivity index (χ3v) is 5.60. The van der Waals surface area contributed by atoms with Crippen LogP contribution in [-0.4, -0.2) is 52.1 Å². The number of H-pyrrole nitrogens is 1. The zero-order valence-corrected chi connectivity index (χ0v) is 17.0. The lowest BCUT2D eigenvalue weighted by atomic mass is 10.1. The van der Waals surface area contributed by atoms with Gasteiger partial charge in [-0.3, -0.25) is 14.8 Å². The molecule has 29 heavy (non-hydrogen) atoms. The predicted octanol–water partition coefficient (Wildman–Crippen LogP) is 4.48. The van der Waals surface area contributed by atoms with Gasteiger partial charge in [-0.2, -0.15) is 5.10 Å². The third-order valence-electron chi connectivity index (χ3n) is 5.02. The second kappa shape index (κ2) is 8.53. The Bertz CT molecular complexity index is 1010. The van der Waals surface area contributed by atoms with Crippen molar-refractivity contribution in [2.24, 2.45) is 0 Å². The summed E-state index contributed by atoms with van der Waals surface area (Å²) in [5, 5.41) is 8.26. The first-order valence-electron chi connectivity index (χ1n) is 9.26. The van der Waals surface area contributed by atoms with Crippen molar-refractivity contribution in [3.63, 3.8) is 0 Å². The van der Waals surface area contributed by atoms with Gasteiger partial charge in [0.1, 0.15) is 11.5 Å². The predicted molar refractivity (Wildman–Crippen MR) is 112 cm³/mol. The topological polar surface area (TPSA) is 52.2 Å². The maximum absolute atomic E-state index is 13.1. The van der Waals surface area contributed by atoms with Gasteiger partial charge in [-0.15, -0.1) is 0 Å². The normalized spacial score (nSPS) is 14.9. The van der Waals surface area contributed by atoms with Crippen molar-refractivity contribution in [1.82, 2.24) is 20.0 Å². The van der Waals surface area contributed by atoms with Crippen molar-refractivity contribution in [2.75, 3.05) is 26.2 Å². The minimum absolute atomic E-state index is 0.0879. The maximum atomic E-state index is 13.1. The fourth-order valence-electron chi connectivity index (χ4n) is 3.37. The van der Waals surface area contributed by atoms with Gasteiger partial charge in [-0.05, 0) is 48.0 Å². The highest BCUT2D eigenvalue weighted by Crippen LogP contribution is 2.23. The molecule has 4 rings (SSSR count). The van der Waals surface area contributed by atoms with E-state index < -0.39 is 0 Å². The molecule has 1 fully saturated rings. The molecule has 1 aliphatic rings. The Morgan fingerprint density at radius 3 is 2.45 bits per heavy atom. The van der Waals surface area contributed by atoms with Crippen molar-refractivity contribution in [1.29, 1.82) is 0 Å². The molecule has 8 heteroatoms. The summed E-state index contributed by atoms with van der Waals surface area (Å²) in [6.45, 7) is 3.47. The Morgan fingerprint density at radius 2 is 1.76 bits per heavy atom. The zero-order chi connectivity index (χ0) is 20.4.